The van der Waals surface area contributed by atoms with E-state index in [4.69, 9.17) is 27.4 Å². The van der Waals surface area contributed by atoms with Gasteiger partial charge >= 0.3 is 5.97 Å². The fourth-order valence-corrected chi connectivity index (χ4v) is 3.16. The molecule has 1 heterocycles. The third kappa shape index (κ3) is 4.24. The van der Waals surface area contributed by atoms with Gasteiger partial charge < -0.3 is 36.1 Å². The number of esters is 1. The second-order valence-electron chi connectivity index (χ2n) is 6.18. The maximum atomic E-state index is 12.4. The molecule has 1 aliphatic rings. The number of carbonyl (C=O) groups is 4. The molecule has 0 unspecified atom stereocenters. The van der Waals surface area contributed by atoms with Gasteiger partial charge in [-0.25, -0.2) is 0 Å². The number of aliphatic hydroxyl groups is 2. The first-order valence-corrected chi connectivity index (χ1v) is 8.28. The lowest BCUT2D eigenvalue weighted by Crippen LogP contribution is -2.84. The summed E-state index contributed by atoms with van der Waals surface area (Å²) in [4.78, 5) is 47.4. The lowest BCUT2D eigenvalue weighted by molar-refractivity contribution is -0.273. The molecule has 1 aliphatic heterocycles. The van der Waals surface area contributed by atoms with Crippen LogP contribution in [0.15, 0.2) is 0 Å². The van der Waals surface area contributed by atoms with Gasteiger partial charge in [0.1, 0.15) is 18.8 Å². The molecule has 152 valence electrons. The Labute approximate surface area is 160 Å². The van der Waals surface area contributed by atoms with Gasteiger partial charge in [0.05, 0.1) is 0 Å². The van der Waals surface area contributed by atoms with Crippen molar-refractivity contribution < 1.29 is 38.9 Å². The Bertz CT molecular complexity index is 671. The Balaban J connectivity index is 3.60. The van der Waals surface area contributed by atoms with Crippen LogP contribution in [-0.4, -0.2) is 75.0 Å². The van der Waals surface area contributed by atoms with Crippen molar-refractivity contribution in [3.05, 3.63) is 0 Å². The highest BCUT2D eigenvalue weighted by molar-refractivity contribution is 7.80. The molecule has 11 nitrogen and oxygen atoms in total. The Kier molecular flexibility index (Phi) is 6.99. The van der Waals surface area contributed by atoms with Crippen molar-refractivity contribution in [3.63, 3.8) is 0 Å². The van der Waals surface area contributed by atoms with Crippen LogP contribution < -0.4 is 16.4 Å². The van der Waals surface area contributed by atoms with Crippen molar-refractivity contribution in [2.24, 2.45) is 5.73 Å². The molecule has 0 spiro atoms. The molecule has 0 aromatic carbocycles. The predicted octanol–water partition coefficient (Wildman–Crippen LogP) is -2.75. The van der Waals surface area contributed by atoms with Crippen LogP contribution in [0.1, 0.15) is 27.7 Å². The Morgan fingerprint density at radius 3 is 1.96 bits per heavy atom. The second kappa shape index (κ2) is 8.25. The molecule has 1 rings (SSSR count). The maximum absolute atomic E-state index is 12.4. The van der Waals surface area contributed by atoms with Crippen molar-refractivity contribution in [1.82, 2.24) is 10.6 Å². The van der Waals surface area contributed by atoms with Gasteiger partial charge in [0.25, 0.3) is 0 Å². The van der Waals surface area contributed by atoms with Gasteiger partial charge in [-0.2, -0.15) is 0 Å². The molecule has 1 saturated heterocycles. The average molecular weight is 405 g/mol. The summed E-state index contributed by atoms with van der Waals surface area (Å²) in [5.74, 6) is -3.52. The number of ketones is 2. The number of hydrogen-bond acceptors (Lipinski definition) is 9. The number of amides is 1. The highest BCUT2D eigenvalue weighted by atomic mass is 32.1. The van der Waals surface area contributed by atoms with Gasteiger partial charge in [0, 0.05) is 13.8 Å². The van der Waals surface area contributed by atoms with Crippen LogP contribution in [0.5, 0.6) is 0 Å². The summed E-state index contributed by atoms with van der Waals surface area (Å²) in [6.45, 7) is 3.36. The molecule has 1 amide bonds. The molecule has 0 aromatic rings. The first-order valence-electron chi connectivity index (χ1n) is 7.87. The normalized spacial score (nSPS) is 32.9. The van der Waals surface area contributed by atoms with Crippen LogP contribution >= 0.6 is 12.2 Å². The molecule has 12 heteroatoms. The van der Waals surface area contributed by atoms with Crippen LogP contribution in [0, 0.1) is 0 Å². The van der Waals surface area contributed by atoms with E-state index in [-0.39, 0.29) is 5.11 Å². The van der Waals surface area contributed by atoms with Crippen LogP contribution in [0.3, 0.4) is 0 Å². The minimum Gasteiger partial charge on any atom is -0.463 e. The van der Waals surface area contributed by atoms with Crippen LogP contribution in [0.4, 0.5) is 0 Å². The topological polar surface area (TPSA) is 177 Å². The van der Waals surface area contributed by atoms with E-state index >= 15 is 0 Å². The quantitative estimate of drug-likeness (QED) is 0.229. The Hall–Kier alpha value is -2.15. The fourth-order valence-electron chi connectivity index (χ4n) is 3.05. The molecule has 1 fully saturated rings. The SMILES string of the molecule is CC(=O)N[C@H]1[C@H](NC(N)=S)O[C@H](COC(C)=O)[C@](O)(C(C)=O)[C@@]1(O)C(C)=O. The summed E-state index contributed by atoms with van der Waals surface area (Å²) in [5, 5.41) is 26.7. The highest BCUT2D eigenvalue weighted by Gasteiger charge is 2.70. The van der Waals surface area contributed by atoms with Crippen molar-refractivity contribution in [2.75, 3.05) is 6.61 Å². The monoisotopic (exact) mass is 405 g/mol. The number of Topliss-reactive ketones (excluding diaryl/α,β-unsaturated/α-hetero) is 2. The second-order valence-corrected chi connectivity index (χ2v) is 6.62. The van der Waals surface area contributed by atoms with E-state index in [0.29, 0.717) is 0 Å². The van der Waals surface area contributed by atoms with Crippen LogP contribution in [-0.2, 0) is 28.7 Å². The minimum absolute atomic E-state index is 0.305. The Morgan fingerprint density at radius 2 is 1.59 bits per heavy atom. The average Bonchev–Trinajstić information content (AvgIpc) is 2.51. The van der Waals surface area contributed by atoms with E-state index in [1.165, 1.54) is 0 Å². The molecular formula is C15H23N3O8S. The van der Waals surface area contributed by atoms with Gasteiger partial charge in [-0.1, -0.05) is 0 Å². The summed E-state index contributed by atoms with van der Waals surface area (Å²) < 4.78 is 10.3. The molecule has 6 N–H and O–H groups in total. The summed E-state index contributed by atoms with van der Waals surface area (Å²) >= 11 is 4.73. The van der Waals surface area contributed by atoms with Gasteiger partial charge in [0.15, 0.2) is 34.1 Å². The van der Waals surface area contributed by atoms with E-state index in [1.807, 2.05) is 0 Å². The molecule has 0 aromatic heterocycles. The van der Waals surface area contributed by atoms with Crippen LogP contribution in [0.2, 0.25) is 0 Å². The van der Waals surface area contributed by atoms with Crippen molar-refractivity contribution >= 4 is 40.8 Å². The molecule has 0 radical (unpaired) electrons. The molecule has 5 atom stereocenters. The third-order valence-electron chi connectivity index (χ3n) is 4.27. The Morgan fingerprint density at radius 1 is 1.07 bits per heavy atom. The molecule has 0 saturated carbocycles. The zero-order valence-corrected chi connectivity index (χ0v) is 16.1. The van der Waals surface area contributed by atoms with Crippen LogP contribution in [0.25, 0.3) is 0 Å². The van der Waals surface area contributed by atoms with Gasteiger partial charge in [-0.05, 0) is 26.1 Å². The van der Waals surface area contributed by atoms with Crippen molar-refractivity contribution in [3.8, 4) is 0 Å². The van der Waals surface area contributed by atoms with Crippen molar-refractivity contribution in [2.45, 2.75) is 57.3 Å². The lowest BCUT2D eigenvalue weighted by Gasteiger charge is -2.54. The van der Waals surface area contributed by atoms with Gasteiger partial charge in [-0.15, -0.1) is 0 Å². The summed E-state index contributed by atoms with van der Waals surface area (Å²) in [6.07, 6.45) is -3.08. The number of hydrogen-bond donors (Lipinski definition) is 5. The van der Waals surface area contributed by atoms with Crippen molar-refractivity contribution in [1.29, 1.82) is 0 Å². The number of thiocarbonyl (C=S) groups is 1. The zero-order chi connectivity index (χ0) is 21.2. The maximum Gasteiger partial charge on any atom is 0.302 e. The zero-order valence-electron chi connectivity index (χ0n) is 15.3. The fraction of sp³-hybridized carbons (Fsp3) is 0.667. The van der Waals surface area contributed by atoms with Gasteiger partial charge in [0.2, 0.25) is 5.91 Å². The summed E-state index contributed by atoms with van der Waals surface area (Å²) in [6, 6.07) is -1.64. The standard InChI is InChI=1S/C15H23N3O8S/c1-6(19)14(23)10(5-25-9(4)22)26-12(18-13(16)27)11(17-8(3)21)15(14,24)7(2)20/h10-12,23-24H,5H2,1-4H3,(H,17,21)(H3,16,18,27)/t10-,11+,12-,14-,15-/m1/s1. The first-order chi connectivity index (χ1) is 12.3. The van der Waals surface area contributed by atoms with E-state index in [0.717, 1.165) is 27.7 Å². The van der Waals surface area contributed by atoms with Gasteiger partial charge in [-0.3, -0.25) is 19.2 Å². The van der Waals surface area contributed by atoms with E-state index in [9.17, 15) is 29.4 Å². The van der Waals surface area contributed by atoms with E-state index < -0.39 is 59.6 Å². The number of nitrogens with two attached hydrogens (primary N) is 1. The predicted molar refractivity (Wildman–Crippen MR) is 94.1 cm³/mol. The third-order valence-corrected chi connectivity index (χ3v) is 4.38. The number of ether oxygens (including phenoxy) is 2. The lowest BCUT2D eigenvalue weighted by atomic mass is 9.67. The largest absolute Gasteiger partial charge is 0.463 e. The smallest absolute Gasteiger partial charge is 0.302 e. The number of nitrogens with one attached hydrogen (secondary N) is 2. The molecule has 0 aliphatic carbocycles. The minimum atomic E-state index is -2.84. The van der Waals surface area contributed by atoms with E-state index in [2.05, 4.69) is 10.6 Å². The first kappa shape index (κ1) is 22.9. The number of rotatable bonds is 6. The highest BCUT2D eigenvalue weighted by Crippen LogP contribution is 2.39. The number of carbonyl (C=O) groups excluding carboxylic acids is 4. The van der Waals surface area contributed by atoms with E-state index in [1.54, 1.807) is 0 Å². The molecular weight excluding hydrogens is 382 g/mol. The molecule has 27 heavy (non-hydrogen) atoms. The molecule has 0 bridgehead atoms. The summed E-state index contributed by atoms with van der Waals surface area (Å²) in [7, 11) is 0. The summed E-state index contributed by atoms with van der Waals surface area (Å²) in [5.41, 5.74) is -0.252.